The third-order valence-corrected chi connectivity index (χ3v) is 8.05. The van der Waals surface area contributed by atoms with Crippen molar-refractivity contribution < 1.29 is 27.6 Å². The molecule has 7 N–H and O–H groups in total. The summed E-state index contributed by atoms with van der Waals surface area (Å²) in [4.78, 5) is 21.8. The molecule has 0 spiro atoms. The van der Waals surface area contributed by atoms with Crippen molar-refractivity contribution in [3.63, 3.8) is 0 Å². The number of carbonyl (C=O) groups is 1. The van der Waals surface area contributed by atoms with Crippen LogP contribution >= 0.6 is 22.9 Å². The lowest BCUT2D eigenvalue weighted by Gasteiger charge is -2.30. The van der Waals surface area contributed by atoms with Crippen LogP contribution in [0.25, 0.3) is 0 Å². The maximum atomic E-state index is 13.4. The molecule has 2 aromatic heterocycles. The van der Waals surface area contributed by atoms with Gasteiger partial charge in [-0.2, -0.15) is 8.42 Å². The molecule has 0 saturated heterocycles. The highest BCUT2D eigenvalue weighted by Crippen LogP contribution is 2.37. The highest BCUT2D eigenvalue weighted by molar-refractivity contribution is 7.84. The van der Waals surface area contributed by atoms with E-state index in [1.165, 1.54) is 23.9 Å². The molecule has 11 nitrogen and oxygen atoms in total. The number of ketones is 1. The van der Waals surface area contributed by atoms with Gasteiger partial charge in [0.25, 0.3) is 0 Å². The number of nitrogens with two attached hydrogens (primary N) is 2. The van der Waals surface area contributed by atoms with Crippen LogP contribution in [0.1, 0.15) is 46.1 Å². The highest BCUT2D eigenvalue weighted by atomic mass is 35.5. The van der Waals surface area contributed by atoms with Gasteiger partial charge in [0.15, 0.2) is 5.72 Å². The van der Waals surface area contributed by atoms with E-state index in [9.17, 15) is 23.4 Å². The molecule has 4 atom stereocenters. The molecule has 1 aliphatic rings. The molecular formula is C23H26ClN5O6S2. The molecule has 1 aliphatic carbocycles. The Morgan fingerprint density at radius 3 is 2.84 bits per heavy atom. The third kappa shape index (κ3) is 5.99. The largest absolute Gasteiger partial charge is 0.388 e. The second-order valence-electron chi connectivity index (χ2n) is 9.10. The van der Waals surface area contributed by atoms with Gasteiger partial charge in [-0.25, -0.2) is 15.1 Å². The maximum absolute atomic E-state index is 13.4. The molecule has 0 bridgehead atoms. The number of thiophene rings is 1. The lowest BCUT2D eigenvalue weighted by atomic mass is 9.87. The van der Waals surface area contributed by atoms with Crippen LogP contribution < -0.4 is 16.2 Å². The van der Waals surface area contributed by atoms with Gasteiger partial charge in [-0.3, -0.25) is 8.98 Å². The summed E-state index contributed by atoms with van der Waals surface area (Å²) in [7, 11) is -4.20. The molecule has 1 unspecified atom stereocenters. The fraction of sp³-hybridized carbons (Fsp3) is 0.348. The minimum Gasteiger partial charge on any atom is -0.388 e. The van der Waals surface area contributed by atoms with Gasteiger partial charge in [-0.15, -0.1) is 11.3 Å². The van der Waals surface area contributed by atoms with Gasteiger partial charge < -0.3 is 21.3 Å². The number of rotatable bonds is 9. The maximum Gasteiger partial charge on any atom is 0.333 e. The molecule has 2 heterocycles. The summed E-state index contributed by atoms with van der Waals surface area (Å²) in [6.07, 6.45) is 1.36. The average molecular weight is 568 g/mol. The molecule has 0 aliphatic heterocycles. The Balaban J connectivity index is 1.55. The zero-order chi connectivity index (χ0) is 27.0. The van der Waals surface area contributed by atoms with E-state index < -0.39 is 46.0 Å². The predicted molar refractivity (Wildman–Crippen MR) is 138 cm³/mol. The van der Waals surface area contributed by atoms with Crippen molar-refractivity contribution in [1.82, 2.24) is 9.97 Å². The molecule has 198 valence electrons. The summed E-state index contributed by atoms with van der Waals surface area (Å²) in [5.41, 5.74) is 5.35. The first kappa shape index (κ1) is 27.5. The van der Waals surface area contributed by atoms with Crippen molar-refractivity contribution in [3.8, 4) is 0 Å². The average Bonchev–Trinajstić information content (AvgIpc) is 3.44. The fourth-order valence-corrected chi connectivity index (χ4v) is 5.77. The SMILES string of the molecule is CC(N)(c1cccc(Cl)c1)c1csc(C(=O)c2cncnc2N[C@]2(O)CC[C@H](COS(N)(=O)=O)[C@H]2O)c1. The molecule has 1 saturated carbocycles. The van der Waals surface area contributed by atoms with Crippen LogP contribution in [0.3, 0.4) is 0 Å². The summed E-state index contributed by atoms with van der Waals surface area (Å²) in [5, 5.41) is 31.6. The fourth-order valence-electron chi connectivity index (χ4n) is 4.23. The normalized spacial score (nSPS) is 23.5. The molecule has 0 radical (unpaired) electrons. The zero-order valence-corrected chi connectivity index (χ0v) is 22.1. The number of aromatic nitrogens is 2. The highest BCUT2D eigenvalue weighted by Gasteiger charge is 2.47. The van der Waals surface area contributed by atoms with Crippen LogP contribution in [-0.4, -0.2) is 52.8 Å². The quantitative estimate of drug-likeness (QED) is 0.188. The molecule has 4 rings (SSSR count). The number of nitrogens with one attached hydrogen (secondary N) is 1. The van der Waals surface area contributed by atoms with Crippen LogP contribution in [0.4, 0.5) is 5.82 Å². The monoisotopic (exact) mass is 567 g/mol. The molecule has 37 heavy (non-hydrogen) atoms. The van der Waals surface area contributed by atoms with Crippen molar-refractivity contribution in [1.29, 1.82) is 0 Å². The number of aliphatic hydroxyl groups is 2. The van der Waals surface area contributed by atoms with Gasteiger partial charge in [-0.05, 0) is 54.5 Å². The Kier molecular flexibility index (Phi) is 7.70. The van der Waals surface area contributed by atoms with Gasteiger partial charge in [0.1, 0.15) is 18.2 Å². The number of anilines is 1. The second kappa shape index (κ2) is 10.3. The van der Waals surface area contributed by atoms with Crippen molar-refractivity contribution >= 4 is 44.8 Å². The van der Waals surface area contributed by atoms with E-state index in [1.54, 1.807) is 29.6 Å². The van der Waals surface area contributed by atoms with E-state index in [0.717, 1.165) is 5.56 Å². The standard InChI is InChI=1S/C23H26ClN5O6S2/c1-22(25,14-3-2-4-16(24)7-14)15-8-18(36-11-15)19(30)17-9-27-12-28-21(17)29-23(32)6-5-13(20(23)31)10-35-37(26,33)34/h2-4,7-9,11-13,20,31-32H,5-6,10,25H2,1H3,(H2,26,33,34)(H,27,28,29)/t13-,20-,22?,23+/m1/s1. The van der Waals surface area contributed by atoms with Gasteiger partial charge in [0.2, 0.25) is 5.78 Å². The van der Waals surface area contributed by atoms with E-state index in [0.29, 0.717) is 15.5 Å². The smallest absolute Gasteiger partial charge is 0.333 e. The third-order valence-electron chi connectivity index (χ3n) is 6.42. The second-order valence-corrected chi connectivity index (χ2v) is 11.7. The Morgan fingerprint density at radius 2 is 2.14 bits per heavy atom. The molecular weight excluding hydrogens is 542 g/mol. The Morgan fingerprint density at radius 1 is 1.38 bits per heavy atom. The first-order valence-corrected chi connectivity index (χ1v) is 13.9. The minimum atomic E-state index is -4.20. The van der Waals surface area contributed by atoms with E-state index in [1.807, 2.05) is 13.0 Å². The lowest BCUT2D eigenvalue weighted by Crippen LogP contribution is -2.48. The van der Waals surface area contributed by atoms with Crippen molar-refractivity contribution in [2.75, 3.05) is 11.9 Å². The molecule has 14 heteroatoms. The lowest BCUT2D eigenvalue weighted by molar-refractivity contribution is -0.0527. The van der Waals surface area contributed by atoms with Crippen LogP contribution in [0.2, 0.25) is 5.02 Å². The molecule has 1 fully saturated rings. The first-order chi connectivity index (χ1) is 17.3. The van der Waals surface area contributed by atoms with Crippen LogP contribution in [0, 0.1) is 5.92 Å². The van der Waals surface area contributed by atoms with Gasteiger partial charge in [0, 0.05) is 17.1 Å². The van der Waals surface area contributed by atoms with Crippen molar-refractivity contribution in [2.24, 2.45) is 16.8 Å². The summed E-state index contributed by atoms with van der Waals surface area (Å²) in [6.45, 7) is 1.42. The number of aliphatic hydroxyl groups excluding tert-OH is 1. The molecule has 0 amide bonds. The number of hydrogen-bond donors (Lipinski definition) is 5. The van der Waals surface area contributed by atoms with E-state index in [-0.39, 0.29) is 24.2 Å². The number of hydrogen-bond acceptors (Lipinski definition) is 11. The molecule has 1 aromatic carbocycles. The first-order valence-electron chi connectivity index (χ1n) is 11.1. The minimum absolute atomic E-state index is 0.00914. The van der Waals surface area contributed by atoms with Crippen LogP contribution in [0.15, 0.2) is 48.2 Å². The zero-order valence-electron chi connectivity index (χ0n) is 19.7. The summed E-state index contributed by atoms with van der Waals surface area (Å²) in [5.74, 6) is -1.12. The Hall–Kier alpha value is -2.49. The summed E-state index contributed by atoms with van der Waals surface area (Å²) in [6, 6.07) is 8.85. The number of halogens is 1. The molecule has 3 aromatic rings. The van der Waals surface area contributed by atoms with Gasteiger partial charge in [-0.1, -0.05) is 23.7 Å². The predicted octanol–water partition coefficient (Wildman–Crippen LogP) is 1.74. The van der Waals surface area contributed by atoms with E-state index in [2.05, 4.69) is 19.5 Å². The van der Waals surface area contributed by atoms with Crippen molar-refractivity contribution in [2.45, 2.75) is 37.1 Å². The van der Waals surface area contributed by atoms with Crippen molar-refractivity contribution in [3.05, 3.63) is 74.8 Å². The van der Waals surface area contributed by atoms with E-state index in [4.69, 9.17) is 22.5 Å². The van der Waals surface area contributed by atoms with Gasteiger partial charge in [0.05, 0.1) is 22.6 Å². The summed E-state index contributed by atoms with van der Waals surface area (Å²) < 4.78 is 26.7. The van der Waals surface area contributed by atoms with Crippen LogP contribution in [-0.2, 0) is 20.0 Å². The van der Waals surface area contributed by atoms with E-state index >= 15 is 0 Å². The van der Waals surface area contributed by atoms with Gasteiger partial charge >= 0.3 is 10.3 Å². The number of benzene rings is 1. The van der Waals surface area contributed by atoms with Crippen LogP contribution in [0.5, 0.6) is 0 Å². The number of nitrogens with zero attached hydrogens (tertiary/aromatic N) is 2. The summed E-state index contributed by atoms with van der Waals surface area (Å²) >= 11 is 7.32. The number of carbonyl (C=O) groups excluding carboxylic acids is 1. The topological polar surface area (TPSA) is 191 Å². The Bertz CT molecular complexity index is 1420. The Labute approximate surface area is 222 Å².